The number of thiophene rings is 1. The zero-order chi connectivity index (χ0) is 19.4. The third-order valence-corrected chi connectivity index (χ3v) is 7.22. The van der Waals surface area contributed by atoms with Crippen molar-refractivity contribution in [2.75, 3.05) is 0 Å². The van der Waals surface area contributed by atoms with Gasteiger partial charge in [0, 0.05) is 36.3 Å². The molecule has 8 heteroatoms. The first-order valence-corrected chi connectivity index (χ1v) is 10.8. The highest BCUT2D eigenvalue weighted by Gasteiger charge is 2.63. The molecule has 2 aliphatic heterocycles. The van der Waals surface area contributed by atoms with Gasteiger partial charge in [0.1, 0.15) is 6.23 Å². The Labute approximate surface area is 171 Å². The Morgan fingerprint density at radius 2 is 2.17 bits per heavy atom. The predicted octanol–water partition coefficient (Wildman–Crippen LogP) is 3.22. The summed E-state index contributed by atoms with van der Waals surface area (Å²) in [6.45, 7) is 0.547. The normalized spacial score (nSPS) is 30.8. The van der Waals surface area contributed by atoms with Crippen LogP contribution in [0.25, 0.3) is 10.2 Å². The Kier molecular flexibility index (Phi) is 3.94. The maximum absolute atomic E-state index is 13.2. The summed E-state index contributed by atoms with van der Waals surface area (Å²) in [6, 6.07) is 6.06. The van der Waals surface area contributed by atoms with E-state index in [1.165, 1.54) is 4.70 Å². The summed E-state index contributed by atoms with van der Waals surface area (Å²) in [5, 5.41) is 0. The monoisotopic (exact) mass is 408 g/mol. The summed E-state index contributed by atoms with van der Waals surface area (Å²) >= 11 is 1.70. The van der Waals surface area contributed by atoms with E-state index >= 15 is 0 Å². The van der Waals surface area contributed by atoms with Crippen molar-refractivity contribution in [3.8, 4) is 0 Å². The maximum atomic E-state index is 13.2. The molecule has 29 heavy (non-hydrogen) atoms. The molecule has 0 aromatic carbocycles. The fraction of sp³-hybridized carbons (Fsp3) is 0.429. The van der Waals surface area contributed by atoms with Crippen molar-refractivity contribution < 1.29 is 14.3 Å². The SMILES string of the molecule is O=C1N2C(CC[C@H]2c2cnccn2)OC12CC(OCc1cc3ncccc3s1)C2. The van der Waals surface area contributed by atoms with Crippen LogP contribution in [0.5, 0.6) is 0 Å². The average molecular weight is 408 g/mol. The summed E-state index contributed by atoms with van der Waals surface area (Å²) in [5.41, 5.74) is 1.14. The second kappa shape index (κ2) is 6.55. The van der Waals surface area contributed by atoms with E-state index in [4.69, 9.17) is 9.47 Å². The lowest BCUT2D eigenvalue weighted by Gasteiger charge is -2.42. The lowest BCUT2D eigenvalue weighted by atomic mass is 9.76. The van der Waals surface area contributed by atoms with Crippen LogP contribution in [0.15, 0.2) is 43.0 Å². The van der Waals surface area contributed by atoms with Crippen LogP contribution in [0.3, 0.4) is 0 Å². The molecule has 1 aliphatic carbocycles. The summed E-state index contributed by atoms with van der Waals surface area (Å²) in [4.78, 5) is 29.2. The van der Waals surface area contributed by atoms with E-state index in [0.29, 0.717) is 19.4 Å². The molecule has 7 nitrogen and oxygen atoms in total. The van der Waals surface area contributed by atoms with E-state index in [0.717, 1.165) is 28.9 Å². The Balaban J connectivity index is 1.11. The van der Waals surface area contributed by atoms with Crippen molar-refractivity contribution in [2.45, 2.75) is 56.3 Å². The first-order chi connectivity index (χ1) is 14.2. The minimum Gasteiger partial charge on any atom is -0.372 e. The fourth-order valence-electron chi connectivity index (χ4n) is 4.74. The molecule has 2 saturated heterocycles. The zero-order valence-electron chi connectivity index (χ0n) is 15.7. The van der Waals surface area contributed by atoms with Gasteiger partial charge in [-0.15, -0.1) is 11.3 Å². The molecule has 1 saturated carbocycles. The molecular weight excluding hydrogens is 388 g/mol. The van der Waals surface area contributed by atoms with Gasteiger partial charge in [0.25, 0.3) is 5.91 Å². The van der Waals surface area contributed by atoms with Crippen LogP contribution in [0.4, 0.5) is 0 Å². The number of carbonyl (C=O) groups is 1. The lowest BCUT2D eigenvalue weighted by Crippen LogP contribution is -2.54. The molecule has 1 amide bonds. The molecule has 3 aromatic heterocycles. The van der Waals surface area contributed by atoms with Gasteiger partial charge in [-0.3, -0.25) is 19.7 Å². The highest BCUT2D eigenvalue weighted by atomic mass is 32.1. The quantitative estimate of drug-likeness (QED) is 0.660. The predicted molar refractivity (Wildman–Crippen MR) is 106 cm³/mol. The average Bonchev–Trinajstić information content (AvgIpc) is 3.39. The molecular formula is C21H20N4O3S. The van der Waals surface area contributed by atoms with Gasteiger partial charge in [-0.25, -0.2) is 0 Å². The maximum Gasteiger partial charge on any atom is 0.257 e. The number of hydrogen-bond acceptors (Lipinski definition) is 7. The summed E-state index contributed by atoms with van der Waals surface area (Å²) in [7, 11) is 0. The number of carbonyl (C=O) groups excluding carboxylic acids is 1. The number of amides is 1. The van der Waals surface area contributed by atoms with Crippen LogP contribution in [0, 0.1) is 0 Å². The van der Waals surface area contributed by atoms with Gasteiger partial charge < -0.3 is 14.4 Å². The van der Waals surface area contributed by atoms with Crippen LogP contribution in [-0.2, 0) is 20.9 Å². The van der Waals surface area contributed by atoms with Crippen molar-refractivity contribution in [1.29, 1.82) is 0 Å². The molecule has 1 unspecified atom stereocenters. The molecule has 3 fully saturated rings. The molecule has 5 heterocycles. The number of rotatable bonds is 4. The number of pyridine rings is 1. The fourth-order valence-corrected chi connectivity index (χ4v) is 5.69. The van der Waals surface area contributed by atoms with Gasteiger partial charge >= 0.3 is 0 Å². The molecule has 1 spiro atoms. The Morgan fingerprint density at radius 1 is 1.24 bits per heavy atom. The number of ether oxygens (including phenoxy) is 2. The Hall–Kier alpha value is -2.42. The van der Waals surface area contributed by atoms with Gasteiger partial charge in [-0.05, 0) is 31.0 Å². The van der Waals surface area contributed by atoms with Gasteiger partial charge in [0.15, 0.2) is 5.60 Å². The smallest absolute Gasteiger partial charge is 0.257 e. The first-order valence-electron chi connectivity index (χ1n) is 9.93. The summed E-state index contributed by atoms with van der Waals surface area (Å²) < 4.78 is 13.5. The minimum absolute atomic E-state index is 0.0356. The summed E-state index contributed by atoms with van der Waals surface area (Å²) in [6.07, 6.45) is 9.73. The standard InChI is InChI=1S/C21H20N4O3S/c26-20-21(28-19-4-3-17(25(19)20)16-11-22-6-7-24-16)9-13(10-21)27-12-14-8-15-18(29-14)2-1-5-23-15/h1-2,5-8,11,13,17,19H,3-4,9-10,12H2/t13?,17-,19?,21?/m0/s1. The molecule has 0 bridgehead atoms. The topological polar surface area (TPSA) is 77.4 Å². The number of fused-ring (bicyclic) bond motifs is 2. The van der Waals surface area contributed by atoms with E-state index in [1.807, 2.05) is 11.0 Å². The van der Waals surface area contributed by atoms with E-state index in [1.54, 1.807) is 36.1 Å². The third-order valence-electron chi connectivity index (χ3n) is 6.16. The molecule has 3 aromatic rings. The van der Waals surface area contributed by atoms with Crippen molar-refractivity contribution in [3.05, 3.63) is 53.6 Å². The Morgan fingerprint density at radius 3 is 3.00 bits per heavy atom. The molecule has 0 radical (unpaired) electrons. The highest BCUT2D eigenvalue weighted by molar-refractivity contribution is 7.18. The van der Waals surface area contributed by atoms with Crippen molar-refractivity contribution in [2.24, 2.45) is 0 Å². The number of hydrogen-bond donors (Lipinski definition) is 0. The largest absolute Gasteiger partial charge is 0.372 e. The zero-order valence-corrected chi connectivity index (χ0v) is 16.5. The lowest BCUT2D eigenvalue weighted by molar-refractivity contribution is -0.177. The Bertz CT molecular complexity index is 1030. The van der Waals surface area contributed by atoms with E-state index in [9.17, 15) is 4.79 Å². The van der Waals surface area contributed by atoms with Gasteiger partial charge in [0.05, 0.1) is 40.9 Å². The van der Waals surface area contributed by atoms with E-state index in [2.05, 4.69) is 27.1 Å². The molecule has 3 aliphatic rings. The van der Waals surface area contributed by atoms with Gasteiger partial charge in [-0.2, -0.15) is 0 Å². The summed E-state index contributed by atoms with van der Waals surface area (Å²) in [5.74, 6) is 0.0848. The van der Waals surface area contributed by atoms with Gasteiger partial charge in [-0.1, -0.05) is 0 Å². The molecule has 0 N–H and O–H groups in total. The van der Waals surface area contributed by atoms with Crippen molar-refractivity contribution in [1.82, 2.24) is 19.9 Å². The van der Waals surface area contributed by atoms with Crippen LogP contribution >= 0.6 is 11.3 Å². The second-order valence-corrected chi connectivity index (χ2v) is 9.11. The third kappa shape index (κ3) is 2.78. The highest BCUT2D eigenvalue weighted by Crippen LogP contribution is 2.51. The van der Waals surface area contributed by atoms with E-state index in [-0.39, 0.29) is 24.3 Å². The van der Waals surface area contributed by atoms with Crippen LogP contribution in [0.2, 0.25) is 0 Å². The van der Waals surface area contributed by atoms with Crippen LogP contribution < -0.4 is 0 Å². The second-order valence-electron chi connectivity index (χ2n) is 7.94. The van der Waals surface area contributed by atoms with Crippen LogP contribution in [0.1, 0.15) is 42.3 Å². The van der Waals surface area contributed by atoms with Crippen molar-refractivity contribution in [3.63, 3.8) is 0 Å². The first kappa shape index (κ1) is 17.4. The van der Waals surface area contributed by atoms with Gasteiger partial charge in [0.2, 0.25) is 0 Å². The number of aromatic nitrogens is 3. The van der Waals surface area contributed by atoms with Crippen LogP contribution in [-0.4, -0.2) is 43.7 Å². The molecule has 148 valence electrons. The molecule has 6 rings (SSSR count). The van der Waals surface area contributed by atoms with E-state index < -0.39 is 5.60 Å². The molecule has 2 atom stereocenters. The minimum atomic E-state index is -0.710. The van der Waals surface area contributed by atoms with Crippen molar-refractivity contribution >= 4 is 27.5 Å². The number of nitrogens with zero attached hydrogens (tertiary/aromatic N) is 4.